The second kappa shape index (κ2) is 4.02. The van der Waals surface area contributed by atoms with Crippen LogP contribution in [0.1, 0.15) is 10.5 Å². The monoisotopic (exact) mass is 214 g/mol. The second-order valence-electron chi connectivity index (χ2n) is 3.33. The Kier molecular flexibility index (Phi) is 2.55. The molecule has 80 valence electrons. The number of anilines is 1. The Balaban J connectivity index is 2.55. The van der Waals surface area contributed by atoms with Gasteiger partial charge in [-0.05, 0) is 23.8 Å². The Bertz CT molecular complexity index is 521. The van der Waals surface area contributed by atoms with Crippen LogP contribution in [0.4, 0.5) is 5.69 Å². The van der Waals surface area contributed by atoms with Crippen LogP contribution >= 0.6 is 0 Å². The number of aromatic nitrogens is 1. The van der Waals surface area contributed by atoms with E-state index in [-0.39, 0.29) is 5.69 Å². The molecular weight excluding hydrogens is 204 g/mol. The molecule has 1 aromatic heterocycles. The van der Waals surface area contributed by atoms with E-state index in [0.717, 1.165) is 5.56 Å². The molecule has 3 N–H and O–H groups in total. The van der Waals surface area contributed by atoms with Gasteiger partial charge in [-0.15, -0.1) is 0 Å². The molecule has 0 unspecified atom stereocenters. The number of carboxylic acids is 1. The fraction of sp³-hybridized carbons (Fsp3) is 0. The number of hydrogen-bond donors (Lipinski definition) is 2. The summed E-state index contributed by atoms with van der Waals surface area (Å²) in [7, 11) is 0. The zero-order chi connectivity index (χ0) is 11.5. The van der Waals surface area contributed by atoms with Gasteiger partial charge in [-0.2, -0.15) is 0 Å². The maximum Gasteiger partial charge on any atom is 0.355 e. The lowest BCUT2D eigenvalue weighted by Crippen LogP contribution is -2.02. The third kappa shape index (κ3) is 1.86. The van der Waals surface area contributed by atoms with Crippen molar-refractivity contribution in [2.75, 3.05) is 5.73 Å². The number of hydrogen-bond acceptors (Lipinski definition) is 3. The van der Waals surface area contributed by atoms with Gasteiger partial charge in [-0.25, -0.2) is 9.78 Å². The number of nitrogens with zero attached hydrogens (tertiary/aromatic N) is 1. The van der Waals surface area contributed by atoms with Crippen molar-refractivity contribution in [2.24, 2.45) is 0 Å². The Labute approximate surface area is 92.4 Å². The van der Waals surface area contributed by atoms with Crippen LogP contribution in [0, 0.1) is 0 Å². The van der Waals surface area contributed by atoms with Gasteiger partial charge < -0.3 is 10.8 Å². The lowest BCUT2D eigenvalue weighted by atomic mass is 10.0. The molecule has 0 atom stereocenters. The molecule has 0 saturated carbocycles. The van der Waals surface area contributed by atoms with E-state index in [4.69, 9.17) is 10.8 Å². The largest absolute Gasteiger partial charge is 0.476 e. The van der Waals surface area contributed by atoms with Gasteiger partial charge in [-0.1, -0.05) is 18.2 Å². The summed E-state index contributed by atoms with van der Waals surface area (Å²) in [5.74, 6) is -1.03. The van der Waals surface area contributed by atoms with E-state index in [0.29, 0.717) is 11.3 Å². The molecule has 0 bridgehead atoms. The molecule has 1 heterocycles. The first-order valence-electron chi connectivity index (χ1n) is 4.72. The maximum absolute atomic E-state index is 11.0. The number of carboxylic acid groups (broad SMARTS) is 1. The van der Waals surface area contributed by atoms with Crippen LogP contribution in [-0.2, 0) is 0 Å². The predicted molar refractivity (Wildman–Crippen MR) is 61.0 cm³/mol. The highest BCUT2D eigenvalue weighted by atomic mass is 16.4. The number of benzene rings is 1. The van der Waals surface area contributed by atoms with Crippen molar-refractivity contribution in [1.82, 2.24) is 4.98 Å². The first kappa shape index (κ1) is 10.2. The average molecular weight is 214 g/mol. The summed E-state index contributed by atoms with van der Waals surface area (Å²) in [6.07, 6.45) is 1.46. The quantitative estimate of drug-likeness (QED) is 0.750. The Hall–Kier alpha value is -2.36. The van der Waals surface area contributed by atoms with Crippen LogP contribution in [0.2, 0.25) is 0 Å². The molecule has 0 aliphatic heterocycles. The molecule has 0 radical (unpaired) electrons. The lowest BCUT2D eigenvalue weighted by Gasteiger charge is -2.05. The van der Waals surface area contributed by atoms with Crippen LogP contribution in [0.5, 0.6) is 0 Å². The minimum Gasteiger partial charge on any atom is -0.476 e. The zero-order valence-corrected chi connectivity index (χ0v) is 8.42. The molecule has 0 fully saturated rings. The molecule has 0 amide bonds. The van der Waals surface area contributed by atoms with Gasteiger partial charge in [0, 0.05) is 17.4 Å². The fourth-order valence-corrected chi connectivity index (χ4v) is 1.47. The van der Waals surface area contributed by atoms with E-state index in [1.54, 1.807) is 36.4 Å². The van der Waals surface area contributed by atoms with Crippen molar-refractivity contribution >= 4 is 11.7 Å². The lowest BCUT2D eigenvalue weighted by molar-refractivity contribution is 0.0691. The Morgan fingerprint density at radius 1 is 1.19 bits per heavy atom. The highest BCUT2D eigenvalue weighted by molar-refractivity contribution is 5.93. The molecule has 0 aliphatic rings. The van der Waals surface area contributed by atoms with E-state index in [2.05, 4.69) is 4.98 Å². The number of carbonyl (C=O) groups is 1. The molecule has 2 aromatic rings. The van der Waals surface area contributed by atoms with Crippen molar-refractivity contribution in [3.05, 3.63) is 48.3 Å². The molecule has 16 heavy (non-hydrogen) atoms. The minimum atomic E-state index is -1.03. The van der Waals surface area contributed by atoms with Gasteiger partial charge in [0.1, 0.15) is 0 Å². The second-order valence-corrected chi connectivity index (χ2v) is 3.33. The van der Waals surface area contributed by atoms with Crippen LogP contribution in [0.15, 0.2) is 42.6 Å². The molecule has 1 aromatic carbocycles. The average Bonchev–Trinajstić information content (AvgIpc) is 2.30. The van der Waals surface area contributed by atoms with Gasteiger partial charge in [0.25, 0.3) is 0 Å². The number of pyridine rings is 1. The highest BCUT2D eigenvalue weighted by Gasteiger charge is 2.11. The fourth-order valence-electron chi connectivity index (χ4n) is 1.47. The molecular formula is C12H10N2O2. The topological polar surface area (TPSA) is 76.2 Å². The normalized spacial score (nSPS) is 10.0. The third-order valence-corrected chi connectivity index (χ3v) is 2.23. The summed E-state index contributed by atoms with van der Waals surface area (Å²) in [6.45, 7) is 0. The van der Waals surface area contributed by atoms with Crippen LogP contribution in [0.25, 0.3) is 11.1 Å². The van der Waals surface area contributed by atoms with Crippen molar-refractivity contribution in [2.45, 2.75) is 0 Å². The predicted octanol–water partition coefficient (Wildman–Crippen LogP) is 2.03. The van der Waals surface area contributed by atoms with Crippen LogP contribution in [0.3, 0.4) is 0 Å². The number of nitrogens with two attached hydrogens (primary N) is 1. The number of rotatable bonds is 2. The SMILES string of the molecule is Nc1ccc(-c2cccnc2C(=O)O)cc1. The Morgan fingerprint density at radius 3 is 2.50 bits per heavy atom. The van der Waals surface area contributed by atoms with Crippen molar-refractivity contribution < 1.29 is 9.90 Å². The summed E-state index contributed by atoms with van der Waals surface area (Å²) in [4.78, 5) is 14.8. The van der Waals surface area contributed by atoms with Crippen LogP contribution in [-0.4, -0.2) is 16.1 Å². The van der Waals surface area contributed by atoms with E-state index >= 15 is 0 Å². The summed E-state index contributed by atoms with van der Waals surface area (Å²) >= 11 is 0. The smallest absolute Gasteiger partial charge is 0.355 e. The van der Waals surface area contributed by atoms with Gasteiger partial charge in [0.2, 0.25) is 0 Å². The molecule has 4 heteroatoms. The van der Waals surface area contributed by atoms with E-state index < -0.39 is 5.97 Å². The van der Waals surface area contributed by atoms with Crippen molar-refractivity contribution in [1.29, 1.82) is 0 Å². The Morgan fingerprint density at radius 2 is 1.88 bits per heavy atom. The van der Waals surface area contributed by atoms with Gasteiger partial charge in [0.05, 0.1) is 0 Å². The molecule has 4 nitrogen and oxygen atoms in total. The first-order valence-corrected chi connectivity index (χ1v) is 4.72. The van der Waals surface area contributed by atoms with Gasteiger partial charge in [-0.3, -0.25) is 0 Å². The van der Waals surface area contributed by atoms with E-state index in [9.17, 15) is 4.79 Å². The summed E-state index contributed by atoms with van der Waals surface area (Å²) < 4.78 is 0. The molecule has 2 rings (SSSR count). The number of nitrogen functional groups attached to an aromatic ring is 1. The standard InChI is InChI=1S/C12H10N2O2/c13-9-5-3-8(4-6-9)10-2-1-7-14-11(10)12(15)16/h1-7H,13H2,(H,15,16). The highest BCUT2D eigenvalue weighted by Crippen LogP contribution is 2.22. The van der Waals surface area contributed by atoms with Gasteiger partial charge >= 0.3 is 5.97 Å². The third-order valence-electron chi connectivity index (χ3n) is 2.23. The van der Waals surface area contributed by atoms with E-state index in [1.807, 2.05) is 0 Å². The van der Waals surface area contributed by atoms with Crippen LogP contribution < -0.4 is 5.73 Å². The summed E-state index contributed by atoms with van der Waals surface area (Å²) in [5.41, 5.74) is 7.65. The van der Waals surface area contributed by atoms with Gasteiger partial charge in [0.15, 0.2) is 5.69 Å². The number of aromatic carboxylic acids is 1. The molecule has 0 aliphatic carbocycles. The summed E-state index contributed by atoms with van der Waals surface area (Å²) in [5, 5.41) is 8.99. The minimum absolute atomic E-state index is 0.0484. The van der Waals surface area contributed by atoms with E-state index in [1.165, 1.54) is 6.20 Å². The summed E-state index contributed by atoms with van der Waals surface area (Å²) in [6, 6.07) is 10.4. The molecule has 0 spiro atoms. The van der Waals surface area contributed by atoms with Crippen molar-refractivity contribution in [3.63, 3.8) is 0 Å². The first-order chi connectivity index (χ1) is 7.68. The zero-order valence-electron chi connectivity index (χ0n) is 8.42. The molecule has 0 saturated heterocycles. The maximum atomic E-state index is 11.0. The van der Waals surface area contributed by atoms with Crippen molar-refractivity contribution in [3.8, 4) is 11.1 Å².